The van der Waals surface area contributed by atoms with Crippen LogP contribution in [0.4, 0.5) is 4.79 Å². The molecule has 2 N–H and O–H groups in total. The SMILES string of the molecule is COc1cc(/C=C2/SC(=O)N(CC(=O)N3CCCC3)C2=O)ccc1OCC(N)=O. The predicted octanol–water partition coefficient (Wildman–Crippen LogP) is 1.22. The number of carbonyl (C=O) groups excluding carboxylic acids is 4. The van der Waals surface area contributed by atoms with E-state index in [1.54, 1.807) is 29.2 Å². The highest BCUT2D eigenvalue weighted by molar-refractivity contribution is 8.18. The van der Waals surface area contributed by atoms with Crippen molar-refractivity contribution < 1.29 is 28.7 Å². The Morgan fingerprint density at radius 1 is 1.21 bits per heavy atom. The number of likely N-dealkylation sites (tertiary alicyclic amines) is 1. The van der Waals surface area contributed by atoms with E-state index in [2.05, 4.69) is 0 Å². The maximum Gasteiger partial charge on any atom is 0.294 e. The number of hydrogen-bond acceptors (Lipinski definition) is 7. The highest BCUT2D eigenvalue weighted by Gasteiger charge is 2.37. The van der Waals surface area contributed by atoms with Crippen LogP contribution >= 0.6 is 11.8 Å². The fourth-order valence-corrected chi connectivity index (χ4v) is 3.87. The molecule has 0 atom stereocenters. The number of rotatable bonds is 7. The highest BCUT2D eigenvalue weighted by atomic mass is 32.2. The first-order chi connectivity index (χ1) is 13.9. The maximum atomic E-state index is 12.6. The van der Waals surface area contributed by atoms with Crippen molar-refractivity contribution >= 4 is 40.8 Å². The van der Waals surface area contributed by atoms with Crippen molar-refractivity contribution in [3.05, 3.63) is 28.7 Å². The van der Waals surface area contributed by atoms with Gasteiger partial charge in [0.25, 0.3) is 17.1 Å². The zero-order valence-electron chi connectivity index (χ0n) is 15.9. The summed E-state index contributed by atoms with van der Waals surface area (Å²) in [7, 11) is 1.44. The number of methoxy groups -OCH3 is 1. The van der Waals surface area contributed by atoms with Crippen LogP contribution < -0.4 is 15.2 Å². The fourth-order valence-electron chi connectivity index (χ4n) is 3.03. The summed E-state index contributed by atoms with van der Waals surface area (Å²) in [6.07, 6.45) is 3.43. The molecular formula is C19H21N3O6S. The van der Waals surface area contributed by atoms with E-state index in [0.717, 1.165) is 29.5 Å². The van der Waals surface area contributed by atoms with Crippen molar-refractivity contribution in [1.82, 2.24) is 9.80 Å². The molecule has 0 spiro atoms. The lowest BCUT2D eigenvalue weighted by molar-refractivity contribution is -0.135. The molecule has 10 heteroatoms. The van der Waals surface area contributed by atoms with Gasteiger partial charge in [0.15, 0.2) is 18.1 Å². The van der Waals surface area contributed by atoms with Gasteiger partial charge >= 0.3 is 0 Å². The van der Waals surface area contributed by atoms with Gasteiger partial charge in [0.1, 0.15) is 6.54 Å². The first-order valence-corrected chi connectivity index (χ1v) is 9.83. The van der Waals surface area contributed by atoms with Crippen LogP contribution in [-0.4, -0.2) is 66.1 Å². The van der Waals surface area contributed by atoms with Crippen LogP contribution in [0.15, 0.2) is 23.1 Å². The summed E-state index contributed by atoms with van der Waals surface area (Å²) in [6.45, 7) is 0.786. The summed E-state index contributed by atoms with van der Waals surface area (Å²) in [5.41, 5.74) is 5.67. The fraction of sp³-hybridized carbons (Fsp3) is 0.368. The summed E-state index contributed by atoms with van der Waals surface area (Å²) in [6, 6.07) is 4.84. The number of imide groups is 1. The molecule has 9 nitrogen and oxygen atoms in total. The summed E-state index contributed by atoms with van der Waals surface area (Å²) in [4.78, 5) is 50.8. The van der Waals surface area contributed by atoms with E-state index in [1.165, 1.54) is 7.11 Å². The minimum Gasteiger partial charge on any atom is -0.493 e. The van der Waals surface area contributed by atoms with Gasteiger partial charge in [-0.3, -0.25) is 24.1 Å². The number of carbonyl (C=O) groups is 4. The molecule has 0 radical (unpaired) electrons. The monoisotopic (exact) mass is 419 g/mol. The molecule has 0 saturated carbocycles. The lowest BCUT2D eigenvalue weighted by Crippen LogP contribution is -2.40. The van der Waals surface area contributed by atoms with Gasteiger partial charge in [-0.25, -0.2) is 0 Å². The number of thioether (sulfide) groups is 1. The largest absolute Gasteiger partial charge is 0.493 e. The second-order valence-corrected chi connectivity index (χ2v) is 7.51. The molecule has 0 aliphatic carbocycles. The van der Waals surface area contributed by atoms with Gasteiger partial charge in [-0.1, -0.05) is 6.07 Å². The number of amides is 4. The van der Waals surface area contributed by atoms with Crippen LogP contribution in [0.2, 0.25) is 0 Å². The van der Waals surface area contributed by atoms with E-state index >= 15 is 0 Å². The molecule has 2 heterocycles. The van der Waals surface area contributed by atoms with Crippen molar-refractivity contribution in [3.63, 3.8) is 0 Å². The lowest BCUT2D eigenvalue weighted by atomic mass is 10.2. The Morgan fingerprint density at radius 3 is 2.59 bits per heavy atom. The van der Waals surface area contributed by atoms with Crippen LogP contribution in [-0.2, 0) is 14.4 Å². The first kappa shape index (κ1) is 20.7. The molecule has 1 aromatic rings. The van der Waals surface area contributed by atoms with Crippen LogP contribution in [0.1, 0.15) is 18.4 Å². The van der Waals surface area contributed by atoms with Gasteiger partial charge in [-0.05, 0) is 48.4 Å². The van der Waals surface area contributed by atoms with Gasteiger partial charge in [0.05, 0.1) is 12.0 Å². The molecule has 2 fully saturated rings. The highest BCUT2D eigenvalue weighted by Crippen LogP contribution is 2.34. The zero-order valence-corrected chi connectivity index (χ0v) is 16.7. The average molecular weight is 419 g/mol. The van der Waals surface area contributed by atoms with E-state index in [-0.39, 0.29) is 24.0 Å². The van der Waals surface area contributed by atoms with E-state index in [4.69, 9.17) is 15.2 Å². The first-order valence-electron chi connectivity index (χ1n) is 9.01. The van der Waals surface area contributed by atoms with Crippen molar-refractivity contribution in [1.29, 1.82) is 0 Å². The van der Waals surface area contributed by atoms with E-state index in [0.29, 0.717) is 30.2 Å². The minimum atomic E-state index is -0.617. The van der Waals surface area contributed by atoms with Gasteiger partial charge in [0.2, 0.25) is 5.91 Å². The summed E-state index contributed by atoms with van der Waals surface area (Å²) in [5, 5.41) is -0.470. The smallest absolute Gasteiger partial charge is 0.294 e. The van der Waals surface area contributed by atoms with Crippen molar-refractivity contribution in [3.8, 4) is 11.5 Å². The molecule has 4 amide bonds. The molecular weight excluding hydrogens is 398 g/mol. The van der Waals surface area contributed by atoms with Crippen molar-refractivity contribution in [2.75, 3.05) is 33.4 Å². The van der Waals surface area contributed by atoms with Gasteiger partial charge in [-0.2, -0.15) is 0 Å². The summed E-state index contributed by atoms with van der Waals surface area (Å²) < 4.78 is 10.5. The molecule has 0 aromatic heterocycles. The zero-order chi connectivity index (χ0) is 21.0. The van der Waals surface area contributed by atoms with Crippen molar-refractivity contribution in [2.45, 2.75) is 12.8 Å². The van der Waals surface area contributed by atoms with Crippen LogP contribution in [0.25, 0.3) is 6.08 Å². The number of ether oxygens (including phenoxy) is 2. The van der Waals surface area contributed by atoms with Crippen LogP contribution in [0.5, 0.6) is 11.5 Å². The van der Waals surface area contributed by atoms with Gasteiger partial charge in [-0.15, -0.1) is 0 Å². The molecule has 3 rings (SSSR count). The molecule has 0 bridgehead atoms. The molecule has 2 aliphatic heterocycles. The topological polar surface area (TPSA) is 119 Å². The van der Waals surface area contributed by atoms with Crippen LogP contribution in [0.3, 0.4) is 0 Å². The quantitative estimate of drug-likeness (QED) is 0.660. The Hall–Kier alpha value is -3.01. The maximum absolute atomic E-state index is 12.6. The Bertz CT molecular complexity index is 879. The normalized spacial score (nSPS) is 17.9. The lowest BCUT2D eigenvalue weighted by Gasteiger charge is -2.18. The number of nitrogens with zero attached hydrogens (tertiary/aromatic N) is 2. The third-order valence-corrected chi connectivity index (χ3v) is 5.39. The van der Waals surface area contributed by atoms with E-state index < -0.39 is 17.1 Å². The minimum absolute atomic E-state index is 0.219. The third kappa shape index (κ3) is 4.89. The van der Waals surface area contributed by atoms with E-state index in [1.807, 2.05) is 0 Å². The number of benzene rings is 1. The van der Waals surface area contributed by atoms with Gasteiger partial charge < -0.3 is 20.1 Å². The number of nitrogens with two attached hydrogens (primary N) is 1. The Kier molecular flexibility index (Phi) is 6.42. The average Bonchev–Trinajstić information content (AvgIpc) is 3.31. The van der Waals surface area contributed by atoms with Crippen LogP contribution in [0, 0.1) is 0 Å². The second kappa shape index (κ2) is 8.99. The molecule has 29 heavy (non-hydrogen) atoms. The Balaban J connectivity index is 1.73. The number of primary amides is 1. The second-order valence-electron chi connectivity index (χ2n) is 6.52. The van der Waals surface area contributed by atoms with Crippen molar-refractivity contribution in [2.24, 2.45) is 5.73 Å². The molecule has 2 aliphatic rings. The van der Waals surface area contributed by atoms with E-state index in [9.17, 15) is 19.2 Å². The molecule has 2 saturated heterocycles. The predicted molar refractivity (Wildman–Crippen MR) is 106 cm³/mol. The summed E-state index contributed by atoms with van der Waals surface area (Å²) >= 11 is 0.788. The molecule has 0 unspecified atom stereocenters. The standard InChI is InChI=1S/C19H21N3O6S/c1-27-14-8-12(4-5-13(14)28-11-16(20)23)9-15-18(25)22(19(26)29-15)10-17(24)21-6-2-3-7-21/h4-5,8-9H,2-3,6-7,10-11H2,1H3,(H2,20,23)/b15-9+. The third-order valence-electron chi connectivity index (χ3n) is 4.48. The summed E-state index contributed by atoms with van der Waals surface area (Å²) in [5.74, 6) is -0.659. The number of hydrogen-bond donors (Lipinski definition) is 1. The Labute approximate surface area is 171 Å². The Morgan fingerprint density at radius 2 is 1.93 bits per heavy atom. The molecule has 1 aromatic carbocycles. The molecule has 154 valence electrons. The van der Waals surface area contributed by atoms with Gasteiger partial charge in [0, 0.05) is 13.1 Å².